The maximum Gasteiger partial charge on any atom is 0.224 e. The van der Waals surface area contributed by atoms with Crippen LogP contribution in [0.3, 0.4) is 0 Å². The number of hydrogen-bond donors (Lipinski definition) is 0. The normalized spacial score (nSPS) is 11.5. The summed E-state index contributed by atoms with van der Waals surface area (Å²) in [6.45, 7) is 1.92. The standard InChI is InChI=1S/C9H6N4O/c1-5-2-6-9-8(7(14)3-10-6)11-4-12-13(5)9/h2-4H,1H3. The van der Waals surface area contributed by atoms with Gasteiger partial charge in [-0.2, -0.15) is 5.10 Å². The highest BCUT2D eigenvalue weighted by Crippen LogP contribution is 2.16. The Bertz CT molecular complexity index is 673. The van der Waals surface area contributed by atoms with Gasteiger partial charge in [0.15, 0.2) is 0 Å². The maximum atomic E-state index is 11.4. The fourth-order valence-electron chi connectivity index (χ4n) is 1.65. The average Bonchev–Trinajstić information content (AvgIpc) is 2.52. The minimum atomic E-state index is -0.164. The summed E-state index contributed by atoms with van der Waals surface area (Å²) in [6.07, 6.45) is 2.68. The Morgan fingerprint density at radius 3 is 3.07 bits per heavy atom. The fourth-order valence-corrected chi connectivity index (χ4v) is 1.65. The van der Waals surface area contributed by atoms with Gasteiger partial charge in [0.2, 0.25) is 5.43 Å². The van der Waals surface area contributed by atoms with E-state index in [2.05, 4.69) is 15.1 Å². The summed E-state index contributed by atoms with van der Waals surface area (Å²) >= 11 is 0. The Labute approximate surface area is 78.4 Å². The van der Waals surface area contributed by atoms with Crippen LogP contribution in [0.4, 0.5) is 0 Å². The number of rotatable bonds is 0. The molecule has 5 heteroatoms. The van der Waals surface area contributed by atoms with Gasteiger partial charge >= 0.3 is 0 Å². The number of pyridine rings is 1. The lowest BCUT2D eigenvalue weighted by Crippen LogP contribution is -2.06. The van der Waals surface area contributed by atoms with Crippen LogP contribution in [0.1, 0.15) is 5.69 Å². The lowest BCUT2D eigenvalue weighted by Gasteiger charge is -1.96. The molecule has 0 aromatic carbocycles. The first-order valence-corrected chi connectivity index (χ1v) is 4.19. The van der Waals surface area contributed by atoms with Crippen molar-refractivity contribution in [2.24, 2.45) is 0 Å². The summed E-state index contributed by atoms with van der Waals surface area (Å²) in [5.74, 6) is 0. The zero-order chi connectivity index (χ0) is 9.71. The van der Waals surface area contributed by atoms with Crippen molar-refractivity contribution in [3.8, 4) is 0 Å². The first kappa shape index (κ1) is 7.37. The molecular weight excluding hydrogens is 180 g/mol. The zero-order valence-electron chi connectivity index (χ0n) is 7.43. The Kier molecular flexibility index (Phi) is 1.19. The van der Waals surface area contributed by atoms with Gasteiger partial charge in [0.05, 0.1) is 11.7 Å². The molecular formula is C9H6N4O. The molecule has 0 amide bonds. The molecule has 0 aliphatic rings. The largest absolute Gasteiger partial charge is 0.286 e. The Morgan fingerprint density at radius 1 is 1.36 bits per heavy atom. The van der Waals surface area contributed by atoms with E-state index in [1.165, 1.54) is 12.5 Å². The summed E-state index contributed by atoms with van der Waals surface area (Å²) in [5.41, 5.74) is 2.68. The molecule has 0 saturated carbocycles. The molecule has 0 N–H and O–H groups in total. The minimum absolute atomic E-state index is 0.164. The second kappa shape index (κ2) is 2.25. The quantitative estimate of drug-likeness (QED) is 0.509. The van der Waals surface area contributed by atoms with Gasteiger partial charge in [-0.15, -0.1) is 0 Å². The summed E-state index contributed by atoms with van der Waals surface area (Å²) < 4.78 is 1.69. The molecule has 3 rings (SSSR count). The highest BCUT2D eigenvalue weighted by molar-refractivity contribution is 5.90. The topological polar surface area (TPSA) is 60.2 Å². The molecule has 0 radical (unpaired) electrons. The van der Waals surface area contributed by atoms with Gasteiger partial charge in [0.1, 0.15) is 17.4 Å². The van der Waals surface area contributed by atoms with Crippen molar-refractivity contribution < 1.29 is 0 Å². The number of nitrogens with zero attached hydrogens (tertiary/aromatic N) is 4. The first-order chi connectivity index (χ1) is 6.77. The summed E-state index contributed by atoms with van der Waals surface area (Å²) in [5, 5.41) is 4.06. The van der Waals surface area contributed by atoms with Crippen LogP contribution in [0.15, 0.2) is 23.4 Å². The van der Waals surface area contributed by atoms with Crippen molar-refractivity contribution in [1.82, 2.24) is 19.6 Å². The third-order valence-electron chi connectivity index (χ3n) is 2.27. The molecule has 0 atom stereocenters. The molecule has 0 aliphatic carbocycles. The van der Waals surface area contributed by atoms with E-state index >= 15 is 0 Å². The van der Waals surface area contributed by atoms with Gasteiger partial charge in [-0.25, -0.2) is 9.50 Å². The molecule has 0 fully saturated rings. The van der Waals surface area contributed by atoms with Gasteiger partial charge in [-0.1, -0.05) is 0 Å². The highest BCUT2D eigenvalue weighted by atomic mass is 16.1. The number of aromatic nitrogens is 4. The third-order valence-corrected chi connectivity index (χ3v) is 2.27. The van der Waals surface area contributed by atoms with Crippen LogP contribution in [0, 0.1) is 6.92 Å². The van der Waals surface area contributed by atoms with E-state index in [4.69, 9.17) is 0 Å². The highest BCUT2D eigenvalue weighted by Gasteiger charge is 2.10. The van der Waals surface area contributed by atoms with Crippen molar-refractivity contribution >= 4 is 16.6 Å². The van der Waals surface area contributed by atoms with Gasteiger partial charge in [-0.3, -0.25) is 9.78 Å². The van der Waals surface area contributed by atoms with Crippen molar-refractivity contribution in [2.75, 3.05) is 0 Å². The van der Waals surface area contributed by atoms with E-state index < -0.39 is 0 Å². The van der Waals surface area contributed by atoms with E-state index in [0.717, 1.165) is 11.2 Å². The van der Waals surface area contributed by atoms with Gasteiger partial charge < -0.3 is 0 Å². The molecule has 0 bridgehead atoms. The van der Waals surface area contributed by atoms with E-state index in [9.17, 15) is 4.79 Å². The Balaban J connectivity index is 2.79. The zero-order valence-corrected chi connectivity index (χ0v) is 7.43. The smallest absolute Gasteiger partial charge is 0.224 e. The van der Waals surface area contributed by atoms with Crippen LogP contribution in [0.25, 0.3) is 16.6 Å². The number of aryl methyl sites for hydroxylation is 1. The lowest BCUT2D eigenvalue weighted by molar-refractivity contribution is 0.881. The molecule has 68 valence electrons. The van der Waals surface area contributed by atoms with E-state index in [1.807, 2.05) is 13.0 Å². The van der Waals surface area contributed by atoms with Crippen LogP contribution >= 0.6 is 0 Å². The molecule has 0 aliphatic heterocycles. The molecule has 0 spiro atoms. The fraction of sp³-hybridized carbons (Fsp3) is 0.111. The second-order valence-corrected chi connectivity index (χ2v) is 3.16. The maximum absolute atomic E-state index is 11.4. The average molecular weight is 186 g/mol. The van der Waals surface area contributed by atoms with E-state index in [-0.39, 0.29) is 5.43 Å². The predicted octanol–water partition coefficient (Wildman–Crippen LogP) is 0.384. The molecule has 3 aromatic heterocycles. The molecule has 0 saturated heterocycles. The molecule has 14 heavy (non-hydrogen) atoms. The molecule has 3 heterocycles. The van der Waals surface area contributed by atoms with Crippen LogP contribution < -0.4 is 5.43 Å². The summed E-state index contributed by atoms with van der Waals surface area (Å²) in [6, 6.07) is 1.89. The van der Waals surface area contributed by atoms with Crippen LogP contribution in [0.5, 0.6) is 0 Å². The van der Waals surface area contributed by atoms with Crippen molar-refractivity contribution in [1.29, 1.82) is 0 Å². The second-order valence-electron chi connectivity index (χ2n) is 3.16. The van der Waals surface area contributed by atoms with Crippen molar-refractivity contribution in [2.45, 2.75) is 6.92 Å². The molecule has 5 nitrogen and oxygen atoms in total. The Hall–Kier alpha value is -2.04. The van der Waals surface area contributed by atoms with Gasteiger partial charge in [0.25, 0.3) is 0 Å². The van der Waals surface area contributed by atoms with Crippen LogP contribution in [-0.2, 0) is 0 Å². The third kappa shape index (κ3) is 0.736. The summed E-state index contributed by atoms with van der Waals surface area (Å²) in [7, 11) is 0. The van der Waals surface area contributed by atoms with E-state index in [1.54, 1.807) is 4.52 Å². The summed E-state index contributed by atoms with van der Waals surface area (Å²) in [4.78, 5) is 19.4. The van der Waals surface area contributed by atoms with Crippen LogP contribution in [-0.4, -0.2) is 19.6 Å². The SMILES string of the molecule is Cc1cc2ncc(=O)c3ncnn1c23. The lowest BCUT2D eigenvalue weighted by atomic mass is 10.3. The predicted molar refractivity (Wildman–Crippen MR) is 50.5 cm³/mol. The van der Waals surface area contributed by atoms with Gasteiger partial charge in [-0.05, 0) is 13.0 Å². The molecule has 0 unspecified atom stereocenters. The first-order valence-electron chi connectivity index (χ1n) is 4.19. The monoisotopic (exact) mass is 186 g/mol. The molecule has 3 aromatic rings. The Morgan fingerprint density at radius 2 is 2.21 bits per heavy atom. The van der Waals surface area contributed by atoms with Crippen LogP contribution in [0.2, 0.25) is 0 Å². The van der Waals surface area contributed by atoms with Crippen molar-refractivity contribution in [3.05, 3.63) is 34.5 Å². The minimum Gasteiger partial charge on any atom is -0.286 e. The van der Waals surface area contributed by atoms with E-state index in [0.29, 0.717) is 11.0 Å². The number of hydrogen-bond acceptors (Lipinski definition) is 4. The van der Waals surface area contributed by atoms with Gasteiger partial charge in [0, 0.05) is 5.69 Å². The van der Waals surface area contributed by atoms with Crippen molar-refractivity contribution in [3.63, 3.8) is 0 Å².